The van der Waals surface area contributed by atoms with E-state index in [2.05, 4.69) is 0 Å². The standard InChI is InChI=1S/C18H11ClF3NO2S/c19-14-4-2-1-3-12(14)10-23-16(24)15(26-17(23)25)9-11-5-7-13(8-6-11)18(20,21)22/h1-9H,10H2/b15-9-. The zero-order valence-electron chi connectivity index (χ0n) is 13.1. The van der Waals surface area contributed by atoms with Crippen LogP contribution in [0.2, 0.25) is 5.02 Å². The number of nitrogens with zero attached hydrogens (tertiary/aromatic N) is 1. The molecule has 1 saturated heterocycles. The fourth-order valence-corrected chi connectivity index (χ4v) is 3.39. The molecule has 0 saturated carbocycles. The predicted octanol–water partition coefficient (Wildman–Crippen LogP) is 5.60. The first-order chi connectivity index (χ1) is 12.3. The Kier molecular flexibility index (Phi) is 5.11. The number of carbonyl (C=O) groups excluding carboxylic acids is 2. The molecule has 0 unspecified atom stereocenters. The summed E-state index contributed by atoms with van der Waals surface area (Å²) in [6.45, 7) is 0.0364. The number of rotatable bonds is 3. The highest BCUT2D eigenvalue weighted by atomic mass is 35.5. The van der Waals surface area contributed by atoms with E-state index >= 15 is 0 Å². The molecule has 0 radical (unpaired) electrons. The van der Waals surface area contributed by atoms with Crippen LogP contribution in [0.4, 0.5) is 18.0 Å². The first-order valence-electron chi connectivity index (χ1n) is 7.42. The van der Waals surface area contributed by atoms with Gasteiger partial charge in [0.1, 0.15) is 0 Å². The molecule has 1 heterocycles. The maximum Gasteiger partial charge on any atom is 0.416 e. The quantitative estimate of drug-likeness (QED) is 0.633. The van der Waals surface area contributed by atoms with Crippen molar-refractivity contribution >= 4 is 40.6 Å². The molecule has 134 valence electrons. The molecule has 26 heavy (non-hydrogen) atoms. The van der Waals surface area contributed by atoms with Crippen molar-refractivity contribution in [2.75, 3.05) is 0 Å². The van der Waals surface area contributed by atoms with Crippen molar-refractivity contribution in [1.29, 1.82) is 0 Å². The molecule has 0 aliphatic carbocycles. The summed E-state index contributed by atoms with van der Waals surface area (Å²) < 4.78 is 37.8. The van der Waals surface area contributed by atoms with Crippen LogP contribution in [0.5, 0.6) is 0 Å². The molecule has 0 N–H and O–H groups in total. The van der Waals surface area contributed by atoms with E-state index in [0.717, 1.165) is 28.8 Å². The lowest BCUT2D eigenvalue weighted by Gasteiger charge is -2.13. The third-order valence-electron chi connectivity index (χ3n) is 3.70. The average molecular weight is 398 g/mol. The van der Waals surface area contributed by atoms with E-state index in [9.17, 15) is 22.8 Å². The van der Waals surface area contributed by atoms with Crippen molar-refractivity contribution in [3.05, 3.63) is 75.1 Å². The van der Waals surface area contributed by atoms with Crippen molar-refractivity contribution < 1.29 is 22.8 Å². The molecule has 0 aromatic heterocycles. The second-order valence-electron chi connectivity index (χ2n) is 5.48. The van der Waals surface area contributed by atoms with Crippen LogP contribution >= 0.6 is 23.4 Å². The Morgan fingerprint density at radius 1 is 1.04 bits per heavy atom. The van der Waals surface area contributed by atoms with Gasteiger partial charge in [0.2, 0.25) is 0 Å². The summed E-state index contributed by atoms with van der Waals surface area (Å²) in [6, 6.07) is 11.2. The van der Waals surface area contributed by atoms with E-state index in [1.807, 2.05) is 0 Å². The van der Waals surface area contributed by atoms with Crippen molar-refractivity contribution in [3.63, 3.8) is 0 Å². The summed E-state index contributed by atoms with van der Waals surface area (Å²) in [4.78, 5) is 25.8. The summed E-state index contributed by atoms with van der Waals surface area (Å²) >= 11 is 6.80. The molecule has 2 aromatic rings. The van der Waals surface area contributed by atoms with Gasteiger partial charge in [-0.05, 0) is 47.2 Å². The zero-order chi connectivity index (χ0) is 18.9. The second kappa shape index (κ2) is 7.17. The van der Waals surface area contributed by atoms with Crippen LogP contribution in [0.1, 0.15) is 16.7 Å². The van der Waals surface area contributed by atoms with Crippen LogP contribution in [-0.2, 0) is 17.5 Å². The predicted molar refractivity (Wildman–Crippen MR) is 94.4 cm³/mol. The lowest BCUT2D eigenvalue weighted by atomic mass is 10.1. The highest BCUT2D eigenvalue weighted by molar-refractivity contribution is 8.18. The van der Waals surface area contributed by atoms with E-state index in [4.69, 9.17) is 11.6 Å². The molecular formula is C18H11ClF3NO2S. The van der Waals surface area contributed by atoms with Crippen molar-refractivity contribution in [2.45, 2.75) is 12.7 Å². The van der Waals surface area contributed by atoms with Gasteiger partial charge in [-0.25, -0.2) is 0 Å². The van der Waals surface area contributed by atoms with Crippen LogP contribution in [0.3, 0.4) is 0 Å². The Labute approximate surface area is 156 Å². The number of benzene rings is 2. The van der Waals surface area contributed by atoms with Gasteiger partial charge in [0.15, 0.2) is 0 Å². The van der Waals surface area contributed by atoms with E-state index in [1.165, 1.54) is 18.2 Å². The lowest BCUT2D eigenvalue weighted by molar-refractivity contribution is -0.137. The molecule has 1 aliphatic heterocycles. The minimum Gasteiger partial charge on any atom is -0.268 e. The Morgan fingerprint density at radius 2 is 1.69 bits per heavy atom. The molecule has 2 amide bonds. The Hall–Kier alpha value is -2.25. The Bertz CT molecular complexity index is 894. The maximum absolute atomic E-state index is 12.6. The number of thioether (sulfide) groups is 1. The molecule has 2 aromatic carbocycles. The van der Waals surface area contributed by atoms with E-state index in [-0.39, 0.29) is 11.4 Å². The first-order valence-corrected chi connectivity index (χ1v) is 8.61. The molecule has 1 fully saturated rings. The van der Waals surface area contributed by atoms with Gasteiger partial charge in [0, 0.05) is 5.02 Å². The fraction of sp³-hybridized carbons (Fsp3) is 0.111. The van der Waals surface area contributed by atoms with Crippen molar-refractivity contribution in [3.8, 4) is 0 Å². The van der Waals surface area contributed by atoms with Gasteiger partial charge < -0.3 is 0 Å². The summed E-state index contributed by atoms with van der Waals surface area (Å²) in [5, 5.41) is -0.00801. The summed E-state index contributed by atoms with van der Waals surface area (Å²) in [6.07, 6.45) is -3.02. The van der Waals surface area contributed by atoms with Crippen LogP contribution in [0.15, 0.2) is 53.4 Å². The number of imide groups is 1. The van der Waals surface area contributed by atoms with Gasteiger partial charge in [0.05, 0.1) is 17.0 Å². The third-order valence-corrected chi connectivity index (χ3v) is 4.97. The molecule has 3 rings (SSSR count). The van der Waals surface area contributed by atoms with Gasteiger partial charge in [-0.15, -0.1) is 0 Å². The number of alkyl halides is 3. The topological polar surface area (TPSA) is 37.4 Å². The highest BCUT2D eigenvalue weighted by Crippen LogP contribution is 2.35. The molecule has 0 spiro atoms. The SMILES string of the molecule is O=C1S/C(=C\c2ccc(C(F)(F)F)cc2)C(=O)N1Cc1ccccc1Cl. The largest absolute Gasteiger partial charge is 0.416 e. The van der Waals surface area contributed by atoms with Crippen LogP contribution < -0.4 is 0 Å². The lowest BCUT2D eigenvalue weighted by Crippen LogP contribution is -2.27. The third kappa shape index (κ3) is 3.94. The molecule has 3 nitrogen and oxygen atoms in total. The molecule has 1 aliphatic rings. The van der Waals surface area contributed by atoms with Crippen molar-refractivity contribution in [2.24, 2.45) is 0 Å². The number of hydrogen-bond acceptors (Lipinski definition) is 3. The van der Waals surface area contributed by atoms with E-state index < -0.39 is 22.9 Å². The average Bonchev–Trinajstić information content (AvgIpc) is 2.84. The van der Waals surface area contributed by atoms with Crippen LogP contribution in [0, 0.1) is 0 Å². The molecule has 8 heteroatoms. The monoisotopic (exact) mass is 397 g/mol. The maximum atomic E-state index is 12.6. The van der Waals surface area contributed by atoms with Crippen LogP contribution in [0.25, 0.3) is 6.08 Å². The Balaban J connectivity index is 1.80. The molecular weight excluding hydrogens is 387 g/mol. The first kappa shape index (κ1) is 18.5. The van der Waals surface area contributed by atoms with Gasteiger partial charge in [-0.1, -0.05) is 41.9 Å². The van der Waals surface area contributed by atoms with E-state index in [0.29, 0.717) is 16.1 Å². The van der Waals surface area contributed by atoms with Crippen LogP contribution in [-0.4, -0.2) is 16.0 Å². The van der Waals surface area contributed by atoms with Crippen molar-refractivity contribution in [1.82, 2.24) is 4.90 Å². The highest BCUT2D eigenvalue weighted by Gasteiger charge is 2.35. The van der Waals surface area contributed by atoms with Gasteiger partial charge in [0.25, 0.3) is 11.1 Å². The number of amides is 2. The zero-order valence-corrected chi connectivity index (χ0v) is 14.7. The summed E-state index contributed by atoms with van der Waals surface area (Å²) in [5.41, 5.74) is 0.259. The van der Waals surface area contributed by atoms with Gasteiger partial charge in [-0.3, -0.25) is 14.5 Å². The summed E-state index contributed by atoms with van der Waals surface area (Å²) in [5.74, 6) is -0.500. The molecule has 0 atom stereocenters. The van der Waals surface area contributed by atoms with Gasteiger partial charge in [-0.2, -0.15) is 13.2 Å². The molecule has 0 bridgehead atoms. The van der Waals surface area contributed by atoms with Gasteiger partial charge >= 0.3 is 6.18 Å². The normalized spacial score (nSPS) is 16.6. The number of carbonyl (C=O) groups is 2. The second-order valence-corrected chi connectivity index (χ2v) is 6.88. The fourth-order valence-electron chi connectivity index (χ4n) is 2.35. The minimum absolute atomic E-state index is 0.0364. The Morgan fingerprint density at radius 3 is 2.31 bits per heavy atom. The summed E-state index contributed by atoms with van der Waals surface area (Å²) in [7, 11) is 0. The smallest absolute Gasteiger partial charge is 0.268 e. The minimum atomic E-state index is -4.43. The number of halogens is 4. The van der Waals surface area contributed by atoms with E-state index in [1.54, 1.807) is 24.3 Å². The number of hydrogen-bond donors (Lipinski definition) is 0.